The summed E-state index contributed by atoms with van der Waals surface area (Å²) in [5.41, 5.74) is 9.38. The molecule has 116 valence electrons. The smallest absolute Gasteiger partial charge is 0.189 e. The highest BCUT2D eigenvalue weighted by Crippen LogP contribution is 2.22. The Morgan fingerprint density at radius 3 is 2.65 bits per heavy atom. The van der Waals surface area contributed by atoms with E-state index in [1.165, 1.54) is 0 Å². The Bertz CT molecular complexity index is 836. The van der Waals surface area contributed by atoms with E-state index < -0.39 is 0 Å². The van der Waals surface area contributed by atoms with Crippen molar-refractivity contribution >= 4 is 39.7 Å². The van der Waals surface area contributed by atoms with Crippen molar-refractivity contribution in [2.24, 2.45) is 0 Å². The molecule has 0 fully saturated rings. The SMILES string of the molecule is C=C(NNC(=S)Nc1cccc(C)c1)c1cc2ccccc2o1. The molecule has 0 bridgehead atoms. The number of furan rings is 1. The van der Waals surface area contributed by atoms with Gasteiger partial charge in [0.1, 0.15) is 5.58 Å². The van der Waals surface area contributed by atoms with Crippen molar-refractivity contribution in [1.82, 2.24) is 10.9 Å². The molecule has 3 N–H and O–H groups in total. The second-order valence-electron chi connectivity index (χ2n) is 5.20. The molecule has 0 spiro atoms. The lowest BCUT2D eigenvalue weighted by Gasteiger charge is -2.13. The van der Waals surface area contributed by atoms with Crippen molar-refractivity contribution < 1.29 is 4.42 Å². The molecule has 1 aromatic heterocycles. The summed E-state index contributed by atoms with van der Waals surface area (Å²) in [5.74, 6) is 0.664. The quantitative estimate of drug-likeness (QED) is 0.496. The van der Waals surface area contributed by atoms with Gasteiger partial charge in [0.05, 0.1) is 5.70 Å². The Balaban J connectivity index is 1.59. The van der Waals surface area contributed by atoms with Crippen LogP contribution in [0.15, 0.2) is 65.6 Å². The molecule has 2 aromatic carbocycles. The largest absolute Gasteiger partial charge is 0.454 e. The van der Waals surface area contributed by atoms with Crippen LogP contribution in [0.4, 0.5) is 5.69 Å². The number of para-hydroxylation sites is 1. The summed E-state index contributed by atoms with van der Waals surface area (Å²) in [6.07, 6.45) is 0. The Morgan fingerprint density at radius 1 is 1.04 bits per heavy atom. The Morgan fingerprint density at radius 2 is 1.87 bits per heavy atom. The first-order valence-corrected chi connectivity index (χ1v) is 7.60. The van der Waals surface area contributed by atoms with Gasteiger partial charge in [0.25, 0.3) is 0 Å². The molecule has 0 unspecified atom stereocenters. The van der Waals surface area contributed by atoms with Gasteiger partial charge in [-0.25, -0.2) is 0 Å². The van der Waals surface area contributed by atoms with Crippen LogP contribution in [0.1, 0.15) is 11.3 Å². The fraction of sp³-hybridized carbons (Fsp3) is 0.0556. The average molecular weight is 323 g/mol. The predicted octanol–water partition coefficient (Wildman–Crippen LogP) is 4.20. The first kappa shape index (κ1) is 15.1. The molecule has 0 radical (unpaired) electrons. The molecule has 0 aliphatic rings. The summed E-state index contributed by atoms with van der Waals surface area (Å²) >= 11 is 5.26. The van der Waals surface area contributed by atoms with E-state index in [0.717, 1.165) is 22.2 Å². The number of hydrogen-bond acceptors (Lipinski definition) is 3. The molecule has 0 saturated carbocycles. The molecule has 1 heterocycles. The Kier molecular flexibility index (Phi) is 4.30. The molecule has 3 rings (SSSR count). The van der Waals surface area contributed by atoms with Crippen molar-refractivity contribution in [2.45, 2.75) is 6.92 Å². The van der Waals surface area contributed by atoms with Crippen molar-refractivity contribution in [3.63, 3.8) is 0 Å². The van der Waals surface area contributed by atoms with E-state index in [-0.39, 0.29) is 0 Å². The number of aryl methyl sites for hydroxylation is 1. The zero-order valence-electron chi connectivity index (χ0n) is 12.7. The Hall–Kier alpha value is -2.79. The second-order valence-corrected chi connectivity index (χ2v) is 5.61. The summed E-state index contributed by atoms with van der Waals surface area (Å²) in [4.78, 5) is 0. The van der Waals surface area contributed by atoms with Crippen LogP contribution < -0.4 is 16.2 Å². The van der Waals surface area contributed by atoms with Crippen molar-refractivity contribution in [3.8, 4) is 0 Å². The lowest BCUT2D eigenvalue weighted by molar-refractivity contribution is 0.590. The molecule has 3 aromatic rings. The molecule has 0 aliphatic heterocycles. The van der Waals surface area contributed by atoms with E-state index in [1.54, 1.807) is 0 Å². The third kappa shape index (κ3) is 3.70. The monoisotopic (exact) mass is 323 g/mol. The van der Waals surface area contributed by atoms with E-state index in [0.29, 0.717) is 16.6 Å². The molecule has 0 saturated heterocycles. The first-order chi connectivity index (χ1) is 11.1. The number of fused-ring (bicyclic) bond motifs is 1. The van der Waals surface area contributed by atoms with Gasteiger partial charge < -0.3 is 9.73 Å². The maximum atomic E-state index is 5.73. The topological polar surface area (TPSA) is 49.2 Å². The molecular weight excluding hydrogens is 306 g/mol. The van der Waals surface area contributed by atoms with E-state index in [9.17, 15) is 0 Å². The normalized spacial score (nSPS) is 10.3. The van der Waals surface area contributed by atoms with Crippen LogP contribution in [0.25, 0.3) is 16.7 Å². The lowest BCUT2D eigenvalue weighted by Crippen LogP contribution is -2.38. The summed E-state index contributed by atoms with van der Waals surface area (Å²) in [7, 11) is 0. The second kappa shape index (κ2) is 6.54. The molecule has 0 aliphatic carbocycles. The van der Waals surface area contributed by atoms with Crippen LogP contribution in [0.3, 0.4) is 0 Å². The lowest BCUT2D eigenvalue weighted by atomic mass is 10.2. The fourth-order valence-corrected chi connectivity index (χ4v) is 2.38. The standard InChI is InChI=1S/C18H17N3OS/c1-12-6-5-8-15(10-12)19-18(23)21-20-13(2)17-11-14-7-3-4-9-16(14)22-17/h3-11,20H,2H2,1H3,(H2,19,21,23). The van der Waals surface area contributed by atoms with Crippen LogP contribution in [0, 0.1) is 6.92 Å². The molecule has 5 heteroatoms. The number of rotatable bonds is 4. The highest BCUT2D eigenvalue weighted by molar-refractivity contribution is 7.80. The highest BCUT2D eigenvalue weighted by atomic mass is 32.1. The van der Waals surface area contributed by atoms with Gasteiger partial charge in [0.15, 0.2) is 10.9 Å². The molecular formula is C18H17N3OS. The minimum Gasteiger partial charge on any atom is -0.454 e. The molecule has 0 amide bonds. The van der Waals surface area contributed by atoms with E-state index in [4.69, 9.17) is 16.6 Å². The van der Waals surface area contributed by atoms with Crippen LogP contribution in [0.2, 0.25) is 0 Å². The Labute approximate surface area is 140 Å². The van der Waals surface area contributed by atoms with Crippen molar-refractivity contribution in [1.29, 1.82) is 0 Å². The minimum atomic E-state index is 0.452. The van der Waals surface area contributed by atoms with Gasteiger partial charge in [-0.1, -0.05) is 36.9 Å². The number of hydrazine groups is 1. The fourth-order valence-electron chi connectivity index (χ4n) is 2.21. The third-order valence-corrected chi connectivity index (χ3v) is 3.53. The molecule has 4 nitrogen and oxygen atoms in total. The predicted molar refractivity (Wildman–Crippen MR) is 98.9 cm³/mol. The van der Waals surface area contributed by atoms with Crippen LogP contribution >= 0.6 is 12.2 Å². The van der Waals surface area contributed by atoms with Gasteiger partial charge in [-0.2, -0.15) is 0 Å². The maximum absolute atomic E-state index is 5.73. The summed E-state index contributed by atoms with van der Waals surface area (Å²) in [5, 5.41) is 4.59. The number of thiocarbonyl (C=S) groups is 1. The van der Waals surface area contributed by atoms with Crippen LogP contribution in [0.5, 0.6) is 0 Å². The van der Waals surface area contributed by atoms with Crippen molar-refractivity contribution in [2.75, 3.05) is 5.32 Å². The van der Waals surface area contributed by atoms with Gasteiger partial charge in [-0.05, 0) is 49.0 Å². The first-order valence-electron chi connectivity index (χ1n) is 7.19. The van der Waals surface area contributed by atoms with Gasteiger partial charge in [0, 0.05) is 11.1 Å². The van der Waals surface area contributed by atoms with Crippen LogP contribution in [-0.2, 0) is 0 Å². The number of hydrogen-bond donors (Lipinski definition) is 3. The van der Waals surface area contributed by atoms with Gasteiger partial charge in [-0.15, -0.1) is 0 Å². The molecule has 0 atom stereocenters. The highest BCUT2D eigenvalue weighted by Gasteiger charge is 2.07. The summed E-state index contributed by atoms with van der Waals surface area (Å²) in [6.45, 7) is 5.99. The van der Waals surface area contributed by atoms with Gasteiger partial charge in [0.2, 0.25) is 0 Å². The molecule has 23 heavy (non-hydrogen) atoms. The van der Waals surface area contributed by atoms with Crippen LogP contribution in [-0.4, -0.2) is 5.11 Å². The number of nitrogens with one attached hydrogen (secondary N) is 3. The third-order valence-electron chi connectivity index (χ3n) is 3.33. The number of benzene rings is 2. The zero-order chi connectivity index (χ0) is 16.2. The summed E-state index contributed by atoms with van der Waals surface area (Å²) in [6, 6.07) is 17.7. The van der Waals surface area contributed by atoms with E-state index in [2.05, 4.69) is 22.7 Å². The van der Waals surface area contributed by atoms with E-state index >= 15 is 0 Å². The maximum Gasteiger partial charge on any atom is 0.189 e. The number of anilines is 1. The van der Waals surface area contributed by atoms with Gasteiger partial charge >= 0.3 is 0 Å². The summed E-state index contributed by atoms with van der Waals surface area (Å²) < 4.78 is 5.73. The van der Waals surface area contributed by atoms with Gasteiger partial charge in [-0.3, -0.25) is 10.9 Å². The minimum absolute atomic E-state index is 0.452. The van der Waals surface area contributed by atoms with E-state index in [1.807, 2.05) is 61.5 Å². The average Bonchev–Trinajstić information content (AvgIpc) is 2.97. The zero-order valence-corrected chi connectivity index (χ0v) is 13.5. The van der Waals surface area contributed by atoms with Crippen molar-refractivity contribution in [3.05, 3.63) is 72.5 Å².